The first-order valence-electron chi connectivity index (χ1n) is 17.6. The highest BCUT2D eigenvalue weighted by atomic mass is 35.5. The second-order valence-electron chi connectivity index (χ2n) is 12.9. The smallest absolute Gasteiger partial charge is 0.0782 e. The van der Waals surface area contributed by atoms with E-state index in [9.17, 15) is 0 Å². The summed E-state index contributed by atoms with van der Waals surface area (Å²) in [6, 6.07) is 0. The normalized spacial score (nSPS) is 11.9. The van der Waals surface area contributed by atoms with Crippen molar-refractivity contribution in [1.82, 2.24) is 0 Å². The highest BCUT2D eigenvalue weighted by Crippen LogP contribution is 2.15. The van der Waals surface area contributed by atoms with E-state index in [1.807, 2.05) is 0 Å². The third kappa shape index (κ3) is 34.0. The number of nitrogens with zero attached hydrogens (tertiary/aromatic N) is 1. The van der Waals surface area contributed by atoms with Crippen molar-refractivity contribution in [3.8, 4) is 0 Å². The monoisotopic (exact) mass is 556 g/mol. The lowest BCUT2D eigenvalue weighted by atomic mass is 10.0. The summed E-state index contributed by atoms with van der Waals surface area (Å²) in [5, 5.41) is 0. The molecule has 0 saturated carbocycles. The second-order valence-corrected chi connectivity index (χ2v) is 12.9. The molecule has 0 aromatic rings. The lowest BCUT2D eigenvalue weighted by Gasteiger charge is -2.30. The topological polar surface area (TPSA) is 0 Å². The van der Waals surface area contributed by atoms with Crippen LogP contribution in [-0.2, 0) is 0 Å². The number of hydrogen-bond acceptors (Lipinski definition) is 0. The van der Waals surface area contributed by atoms with Crippen LogP contribution in [0.1, 0.15) is 194 Å². The summed E-state index contributed by atoms with van der Waals surface area (Å²) in [4.78, 5) is 0. The fraction of sp³-hybridized carbons (Fsp3) is 0.944. The standard InChI is InChI=1S/C36H74N.ClH/c1-5-7-9-11-13-15-17-19-21-22-24-26-28-30-32-34-36-37(3,4)35-33-31-29-27-25-23-20-18-16-14-12-10-8-6-2;/h19,21H,5-18,20,22-36H2,1-4H3;1H/q+1;/p-1. The second kappa shape index (κ2) is 33.2. The fourth-order valence-corrected chi connectivity index (χ4v) is 5.63. The molecule has 0 fully saturated rings. The molecule has 2 heteroatoms. The van der Waals surface area contributed by atoms with Gasteiger partial charge in [-0.1, -0.05) is 154 Å². The quantitative estimate of drug-likeness (QED) is 0.0453. The molecule has 0 heterocycles. The van der Waals surface area contributed by atoms with Crippen LogP contribution in [0.2, 0.25) is 0 Å². The van der Waals surface area contributed by atoms with Gasteiger partial charge in [0, 0.05) is 0 Å². The minimum Gasteiger partial charge on any atom is -1.00 e. The Hall–Kier alpha value is -0.0100. The Labute approximate surface area is 249 Å². The first kappa shape index (κ1) is 40.1. The molecule has 230 valence electrons. The van der Waals surface area contributed by atoms with Gasteiger partial charge in [-0.2, -0.15) is 0 Å². The Kier molecular flexibility index (Phi) is 35.1. The van der Waals surface area contributed by atoms with E-state index in [0.717, 1.165) is 0 Å². The van der Waals surface area contributed by atoms with Crippen LogP contribution in [0.25, 0.3) is 0 Å². The van der Waals surface area contributed by atoms with Gasteiger partial charge in [0.1, 0.15) is 0 Å². The molecule has 0 atom stereocenters. The van der Waals surface area contributed by atoms with Gasteiger partial charge in [-0.25, -0.2) is 0 Å². The Bertz CT molecular complexity index is 445. The van der Waals surface area contributed by atoms with E-state index in [4.69, 9.17) is 0 Å². The van der Waals surface area contributed by atoms with E-state index in [-0.39, 0.29) is 12.4 Å². The predicted octanol–water partition coefficient (Wildman–Crippen LogP) is 9.59. The molecular weight excluding hydrogens is 482 g/mol. The predicted molar refractivity (Wildman–Crippen MR) is 172 cm³/mol. The summed E-state index contributed by atoms with van der Waals surface area (Å²) in [6.07, 6.45) is 45.0. The van der Waals surface area contributed by atoms with E-state index in [1.165, 1.54) is 197 Å². The maximum absolute atomic E-state index is 2.46. The third-order valence-corrected chi connectivity index (χ3v) is 8.39. The molecule has 1 nitrogen and oxygen atoms in total. The minimum absolute atomic E-state index is 0. The van der Waals surface area contributed by atoms with Gasteiger partial charge in [0.25, 0.3) is 0 Å². The lowest BCUT2D eigenvalue weighted by Crippen LogP contribution is -3.00. The highest BCUT2D eigenvalue weighted by Gasteiger charge is 2.13. The molecule has 0 unspecified atom stereocenters. The number of allylic oxidation sites excluding steroid dienone is 2. The van der Waals surface area contributed by atoms with E-state index < -0.39 is 0 Å². The van der Waals surface area contributed by atoms with Crippen molar-refractivity contribution in [2.75, 3.05) is 27.2 Å². The maximum Gasteiger partial charge on any atom is 0.0782 e. The summed E-state index contributed by atoms with van der Waals surface area (Å²) in [5.74, 6) is 0. The van der Waals surface area contributed by atoms with Crippen LogP contribution in [0.5, 0.6) is 0 Å². The average molecular weight is 556 g/mol. The highest BCUT2D eigenvalue weighted by molar-refractivity contribution is 4.81. The fourth-order valence-electron chi connectivity index (χ4n) is 5.63. The van der Waals surface area contributed by atoms with Gasteiger partial charge in [0.15, 0.2) is 0 Å². The van der Waals surface area contributed by atoms with Crippen LogP contribution < -0.4 is 12.4 Å². The summed E-state index contributed by atoms with van der Waals surface area (Å²) < 4.78 is 1.24. The Morgan fingerprint density at radius 1 is 0.342 bits per heavy atom. The van der Waals surface area contributed by atoms with Crippen LogP contribution in [0.4, 0.5) is 0 Å². The van der Waals surface area contributed by atoms with Crippen LogP contribution in [-0.4, -0.2) is 31.7 Å². The molecule has 0 aliphatic rings. The molecule has 38 heavy (non-hydrogen) atoms. The Balaban J connectivity index is 0. The zero-order valence-electron chi connectivity index (χ0n) is 27.2. The number of quaternary nitrogens is 1. The lowest BCUT2D eigenvalue weighted by molar-refractivity contribution is -0.890. The van der Waals surface area contributed by atoms with Gasteiger partial charge in [-0.3, -0.25) is 0 Å². The average Bonchev–Trinajstić information content (AvgIpc) is 2.88. The van der Waals surface area contributed by atoms with Crippen molar-refractivity contribution >= 4 is 0 Å². The third-order valence-electron chi connectivity index (χ3n) is 8.39. The van der Waals surface area contributed by atoms with Crippen LogP contribution in [0.15, 0.2) is 12.2 Å². The first-order valence-corrected chi connectivity index (χ1v) is 17.6. The van der Waals surface area contributed by atoms with Crippen LogP contribution >= 0.6 is 0 Å². The molecule has 0 aliphatic heterocycles. The first-order chi connectivity index (χ1) is 18.1. The molecule has 0 aromatic carbocycles. The van der Waals surface area contributed by atoms with E-state index in [2.05, 4.69) is 40.1 Å². The van der Waals surface area contributed by atoms with Gasteiger partial charge in [0.2, 0.25) is 0 Å². The van der Waals surface area contributed by atoms with Crippen LogP contribution in [0, 0.1) is 0 Å². The number of halogens is 1. The molecule has 0 saturated heterocycles. The number of hydrogen-bond donors (Lipinski definition) is 0. The van der Waals surface area contributed by atoms with Crippen molar-refractivity contribution < 1.29 is 16.9 Å². The number of unbranched alkanes of at least 4 members (excludes halogenated alkanes) is 25. The molecule has 0 spiro atoms. The zero-order valence-corrected chi connectivity index (χ0v) is 27.9. The van der Waals surface area contributed by atoms with Gasteiger partial charge in [-0.15, -0.1) is 0 Å². The molecular formula is C36H74ClN. The van der Waals surface area contributed by atoms with E-state index in [1.54, 1.807) is 0 Å². The summed E-state index contributed by atoms with van der Waals surface area (Å²) in [7, 11) is 4.92. The van der Waals surface area contributed by atoms with E-state index in [0.29, 0.717) is 0 Å². The Morgan fingerprint density at radius 2 is 0.579 bits per heavy atom. The van der Waals surface area contributed by atoms with Crippen molar-refractivity contribution in [3.63, 3.8) is 0 Å². The minimum atomic E-state index is 0. The number of rotatable bonds is 31. The zero-order chi connectivity index (χ0) is 27.1. The van der Waals surface area contributed by atoms with Gasteiger partial charge in [0.05, 0.1) is 27.2 Å². The van der Waals surface area contributed by atoms with Crippen molar-refractivity contribution in [2.45, 2.75) is 194 Å². The maximum atomic E-state index is 2.46. The van der Waals surface area contributed by atoms with Crippen molar-refractivity contribution in [2.24, 2.45) is 0 Å². The molecule has 0 radical (unpaired) electrons. The van der Waals surface area contributed by atoms with E-state index >= 15 is 0 Å². The molecule has 0 aromatic heterocycles. The van der Waals surface area contributed by atoms with Gasteiger partial charge in [-0.05, 0) is 51.4 Å². The molecule has 0 N–H and O–H groups in total. The summed E-state index contributed by atoms with van der Waals surface area (Å²) in [5.41, 5.74) is 0. The van der Waals surface area contributed by atoms with Crippen LogP contribution in [0.3, 0.4) is 0 Å². The molecule has 0 aliphatic carbocycles. The SMILES string of the molecule is CCCCCCCCC=CCCCCCCCC[N+](C)(C)CCCCCCCCCCCCCCCC.[Cl-]. The van der Waals surface area contributed by atoms with Gasteiger partial charge >= 0.3 is 0 Å². The largest absolute Gasteiger partial charge is 1.00 e. The molecule has 0 amide bonds. The van der Waals surface area contributed by atoms with Gasteiger partial charge < -0.3 is 16.9 Å². The Morgan fingerprint density at radius 3 is 0.868 bits per heavy atom. The summed E-state index contributed by atoms with van der Waals surface area (Å²) >= 11 is 0. The van der Waals surface area contributed by atoms with Crippen molar-refractivity contribution in [3.05, 3.63) is 12.2 Å². The molecule has 0 bridgehead atoms. The summed E-state index contributed by atoms with van der Waals surface area (Å²) in [6.45, 7) is 7.36. The van der Waals surface area contributed by atoms with Crippen molar-refractivity contribution in [1.29, 1.82) is 0 Å². The molecule has 0 rings (SSSR count).